The molecule has 0 saturated carbocycles. The van der Waals surface area contributed by atoms with Crippen molar-refractivity contribution in [3.63, 3.8) is 0 Å². The van der Waals surface area contributed by atoms with Crippen LogP contribution >= 0.6 is 0 Å². The normalized spacial score (nSPS) is 19.9. The summed E-state index contributed by atoms with van der Waals surface area (Å²) in [6.45, 7) is 6.18. The largest absolute Gasteiger partial charge is 0.387 e. The molecule has 19 heavy (non-hydrogen) atoms. The first-order valence-corrected chi connectivity index (χ1v) is 6.81. The molecule has 0 spiro atoms. The maximum Gasteiger partial charge on any atom is 0.256 e. The molecular formula is C15H22N2O2. The number of anilines is 1. The monoisotopic (exact) mass is 262 g/mol. The molecular weight excluding hydrogens is 240 g/mol. The van der Waals surface area contributed by atoms with E-state index in [0.29, 0.717) is 6.54 Å². The van der Waals surface area contributed by atoms with Gasteiger partial charge >= 0.3 is 0 Å². The Bertz CT molecular complexity index is 459. The first-order valence-electron chi connectivity index (χ1n) is 6.81. The maximum atomic E-state index is 12.7. The van der Waals surface area contributed by atoms with E-state index in [4.69, 9.17) is 4.74 Å². The molecule has 1 aromatic rings. The summed E-state index contributed by atoms with van der Waals surface area (Å²) in [5, 5.41) is 3.09. The number of nitrogens with zero attached hydrogens (tertiary/aromatic N) is 1. The van der Waals surface area contributed by atoms with Gasteiger partial charge in [-0.2, -0.15) is 0 Å². The second-order valence-corrected chi connectivity index (χ2v) is 5.09. The summed E-state index contributed by atoms with van der Waals surface area (Å²) in [5.74, 6) is 0.0883. The third kappa shape index (κ3) is 3.26. The minimum Gasteiger partial charge on any atom is -0.387 e. The van der Waals surface area contributed by atoms with E-state index in [-0.39, 0.29) is 12.0 Å². The number of hydrogen-bond acceptors (Lipinski definition) is 3. The number of carbonyl (C=O) groups is 1. The van der Waals surface area contributed by atoms with Crippen molar-refractivity contribution in [3.8, 4) is 0 Å². The van der Waals surface area contributed by atoms with E-state index in [1.807, 2.05) is 44.0 Å². The highest BCUT2D eigenvalue weighted by Crippen LogP contribution is 2.20. The van der Waals surface area contributed by atoms with Crippen LogP contribution in [0.5, 0.6) is 0 Å². The molecule has 0 aliphatic carbocycles. The van der Waals surface area contributed by atoms with Gasteiger partial charge in [-0.15, -0.1) is 0 Å². The minimum absolute atomic E-state index is 0.0883. The van der Waals surface area contributed by atoms with Gasteiger partial charge in [-0.3, -0.25) is 4.79 Å². The predicted octanol–water partition coefficient (Wildman–Crippen LogP) is 2.29. The first-order chi connectivity index (χ1) is 9.11. The molecule has 1 saturated heterocycles. The Hall–Kier alpha value is -1.55. The van der Waals surface area contributed by atoms with Gasteiger partial charge in [0.1, 0.15) is 0 Å². The van der Waals surface area contributed by atoms with Crippen molar-refractivity contribution in [3.05, 3.63) is 29.3 Å². The van der Waals surface area contributed by atoms with E-state index in [2.05, 4.69) is 5.32 Å². The molecule has 1 atom stereocenters. The van der Waals surface area contributed by atoms with Gasteiger partial charge in [0.2, 0.25) is 0 Å². The van der Waals surface area contributed by atoms with Crippen molar-refractivity contribution in [1.82, 2.24) is 4.90 Å². The van der Waals surface area contributed by atoms with Crippen LogP contribution in [0.25, 0.3) is 0 Å². The number of nitrogens with one attached hydrogen (secondary N) is 1. The Labute approximate surface area is 114 Å². The van der Waals surface area contributed by atoms with Gasteiger partial charge in [-0.05, 0) is 32.4 Å². The smallest absolute Gasteiger partial charge is 0.256 e. The van der Waals surface area contributed by atoms with Gasteiger partial charge in [-0.1, -0.05) is 11.6 Å². The quantitative estimate of drug-likeness (QED) is 0.889. The number of benzene rings is 1. The average molecular weight is 262 g/mol. The molecule has 1 aliphatic rings. The Morgan fingerprint density at radius 2 is 2.26 bits per heavy atom. The highest BCUT2D eigenvalue weighted by molar-refractivity contribution is 5.99. The summed E-state index contributed by atoms with van der Waals surface area (Å²) < 4.78 is 5.59. The van der Waals surface area contributed by atoms with E-state index in [9.17, 15) is 4.79 Å². The van der Waals surface area contributed by atoms with Gasteiger partial charge < -0.3 is 15.0 Å². The third-order valence-electron chi connectivity index (χ3n) is 3.41. The van der Waals surface area contributed by atoms with Gasteiger partial charge in [0.05, 0.1) is 11.7 Å². The summed E-state index contributed by atoms with van der Waals surface area (Å²) in [4.78, 5) is 14.6. The SMILES string of the molecule is CNc1ccc(C)cc1C(=O)N1CCCOC(C)C1. The second-order valence-electron chi connectivity index (χ2n) is 5.09. The molecule has 2 rings (SSSR count). The number of hydrogen-bond donors (Lipinski definition) is 1. The lowest BCUT2D eigenvalue weighted by Crippen LogP contribution is -2.36. The molecule has 104 valence electrons. The molecule has 1 fully saturated rings. The van der Waals surface area contributed by atoms with Crippen molar-refractivity contribution in [2.24, 2.45) is 0 Å². The zero-order chi connectivity index (χ0) is 13.8. The van der Waals surface area contributed by atoms with Crippen LogP contribution in [0.1, 0.15) is 29.3 Å². The van der Waals surface area contributed by atoms with E-state index >= 15 is 0 Å². The van der Waals surface area contributed by atoms with Crippen LogP contribution in [0.2, 0.25) is 0 Å². The van der Waals surface area contributed by atoms with Gasteiger partial charge in [0, 0.05) is 32.4 Å². The lowest BCUT2D eigenvalue weighted by Gasteiger charge is -2.23. The third-order valence-corrected chi connectivity index (χ3v) is 3.41. The fraction of sp³-hybridized carbons (Fsp3) is 0.533. The summed E-state index contributed by atoms with van der Waals surface area (Å²) in [7, 11) is 1.84. The zero-order valence-corrected chi connectivity index (χ0v) is 11.9. The highest BCUT2D eigenvalue weighted by atomic mass is 16.5. The molecule has 0 radical (unpaired) electrons. The lowest BCUT2D eigenvalue weighted by molar-refractivity contribution is 0.0563. The van der Waals surface area contributed by atoms with Crippen LogP contribution in [-0.2, 0) is 4.74 Å². The molecule has 0 aromatic heterocycles. The summed E-state index contributed by atoms with van der Waals surface area (Å²) in [6, 6.07) is 5.92. The number of ether oxygens (including phenoxy) is 1. The maximum absolute atomic E-state index is 12.7. The number of rotatable bonds is 2. The minimum atomic E-state index is 0.0883. The highest BCUT2D eigenvalue weighted by Gasteiger charge is 2.22. The van der Waals surface area contributed by atoms with Crippen molar-refractivity contribution in [1.29, 1.82) is 0 Å². The predicted molar refractivity (Wildman–Crippen MR) is 76.7 cm³/mol. The second kappa shape index (κ2) is 6.06. The molecule has 1 heterocycles. The molecule has 4 heteroatoms. The van der Waals surface area contributed by atoms with E-state index in [1.54, 1.807) is 0 Å². The molecule has 1 aromatic carbocycles. The zero-order valence-electron chi connectivity index (χ0n) is 11.9. The fourth-order valence-electron chi connectivity index (χ4n) is 2.40. The molecule has 1 amide bonds. The van der Waals surface area contributed by atoms with Crippen LogP contribution in [-0.4, -0.2) is 43.7 Å². The van der Waals surface area contributed by atoms with Crippen LogP contribution in [0.4, 0.5) is 5.69 Å². The Morgan fingerprint density at radius 1 is 1.47 bits per heavy atom. The standard InChI is InChI=1S/C15H22N2O2/c1-11-5-6-14(16-3)13(9-11)15(18)17-7-4-8-19-12(2)10-17/h5-6,9,12,16H,4,7-8,10H2,1-3H3. The Morgan fingerprint density at radius 3 is 3.00 bits per heavy atom. The van der Waals surface area contributed by atoms with E-state index < -0.39 is 0 Å². The van der Waals surface area contributed by atoms with Crippen molar-refractivity contribution >= 4 is 11.6 Å². The molecule has 1 aliphatic heterocycles. The number of carbonyl (C=O) groups excluding carboxylic acids is 1. The lowest BCUT2D eigenvalue weighted by atomic mass is 10.1. The topological polar surface area (TPSA) is 41.6 Å². The van der Waals surface area contributed by atoms with Crippen LogP contribution in [0.15, 0.2) is 18.2 Å². The fourth-order valence-corrected chi connectivity index (χ4v) is 2.40. The van der Waals surface area contributed by atoms with Gasteiger partial charge in [-0.25, -0.2) is 0 Å². The van der Waals surface area contributed by atoms with E-state index in [1.165, 1.54) is 0 Å². The van der Waals surface area contributed by atoms with Crippen molar-refractivity contribution in [2.75, 3.05) is 32.1 Å². The van der Waals surface area contributed by atoms with Gasteiger partial charge in [0.25, 0.3) is 5.91 Å². The first kappa shape index (κ1) is 13.9. The van der Waals surface area contributed by atoms with Crippen LogP contribution < -0.4 is 5.32 Å². The van der Waals surface area contributed by atoms with Crippen LogP contribution in [0, 0.1) is 6.92 Å². The average Bonchev–Trinajstić information content (AvgIpc) is 2.62. The van der Waals surface area contributed by atoms with Gasteiger partial charge in [0.15, 0.2) is 0 Å². The Kier molecular flexibility index (Phi) is 4.43. The molecule has 1 unspecified atom stereocenters. The van der Waals surface area contributed by atoms with Crippen LogP contribution in [0.3, 0.4) is 0 Å². The van der Waals surface area contributed by atoms with E-state index in [0.717, 1.165) is 36.4 Å². The molecule has 4 nitrogen and oxygen atoms in total. The summed E-state index contributed by atoms with van der Waals surface area (Å²) >= 11 is 0. The molecule has 1 N–H and O–H groups in total. The van der Waals surface area contributed by atoms with Crippen molar-refractivity contribution < 1.29 is 9.53 Å². The summed E-state index contributed by atoms with van der Waals surface area (Å²) in [5.41, 5.74) is 2.73. The molecule has 0 bridgehead atoms. The number of amides is 1. The Balaban J connectivity index is 2.24. The van der Waals surface area contributed by atoms with Crippen molar-refractivity contribution in [2.45, 2.75) is 26.4 Å². The summed E-state index contributed by atoms with van der Waals surface area (Å²) in [6.07, 6.45) is 1.01. The number of aryl methyl sites for hydroxylation is 1.